The second kappa shape index (κ2) is 6.91. The number of benzene rings is 2. The maximum atomic E-state index is 13.4. The number of alkyl halides is 6. The molecule has 2 aromatic rings. The van der Waals surface area contributed by atoms with Crippen molar-refractivity contribution in [3.8, 4) is 11.8 Å². The van der Waals surface area contributed by atoms with Crippen LogP contribution in [0.4, 0.5) is 26.3 Å². The van der Waals surface area contributed by atoms with E-state index in [4.69, 9.17) is 0 Å². The van der Waals surface area contributed by atoms with Gasteiger partial charge in [0.2, 0.25) is 5.60 Å². The minimum atomic E-state index is -5.20. The fraction of sp³-hybridized carbons (Fsp3) is 0.263. The zero-order valence-corrected chi connectivity index (χ0v) is 13.9. The van der Waals surface area contributed by atoms with Gasteiger partial charge in [0.05, 0.1) is 5.56 Å². The molecule has 144 valence electrons. The minimum Gasteiger partial charge on any atom is -0.374 e. The fourth-order valence-corrected chi connectivity index (χ4v) is 2.27. The van der Waals surface area contributed by atoms with E-state index in [1.807, 2.05) is 5.92 Å². The smallest absolute Gasteiger partial charge is 0.374 e. The SMILES string of the molecule is C[C@@](O)(C#C[C@](O)(c1ccccc1)C(F)(F)F)c1cccc(C(F)(F)F)c1. The van der Waals surface area contributed by atoms with Gasteiger partial charge in [-0.15, -0.1) is 0 Å². The standard InChI is InChI=1S/C19H14F6O2/c1-16(26,14-8-5-9-15(12-14)18(20,21)22)10-11-17(27,19(23,24)25)13-6-3-2-4-7-13/h2-9,12,26-27H,1H3/t16-,17+/m1/s1. The third-order valence-corrected chi connectivity index (χ3v) is 3.84. The van der Waals surface area contributed by atoms with E-state index in [1.165, 1.54) is 18.2 Å². The van der Waals surface area contributed by atoms with Crippen LogP contribution in [0.25, 0.3) is 0 Å². The van der Waals surface area contributed by atoms with E-state index in [1.54, 1.807) is 5.92 Å². The minimum absolute atomic E-state index is 0.359. The molecule has 0 amide bonds. The summed E-state index contributed by atoms with van der Waals surface area (Å²) in [5, 5.41) is 20.5. The quantitative estimate of drug-likeness (QED) is 0.593. The number of hydrogen-bond donors (Lipinski definition) is 2. The highest BCUT2D eigenvalue weighted by Crippen LogP contribution is 2.39. The summed E-state index contributed by atoms with van der Waals surface area (Å²) in [6, 6.07) is 9.40. The molecular formula is C19H14F6O2. The Labute approximate surface area is 151 Å². The molecule has 0 aromatic heterocycles. The van der Waals surface area contributed by atoms with Crippen LogP contribution in [0.3, 0.4) is 0 Å². The lowest BCUT2D eigenvalue weighted by Crippen LogP contribution is -2.41. The van der Waals surface area contributed by atoms with Crippen LogP contribution in [0.1, 0.15) is 23.6 Å². The van der Waals surface area contributed by atoms with Gasteiger partial charge in [0.15, 0.2) is 0 Å². The van der Waals surface area contributed by atoms with Crippen LogP contribution < -0.4 is 0 Å². The van der Waals surface area contributed by atoms with Crippen LogP contribution in [0.2, 0.25) is 0 Å². The van der Waals surface area contributed by atoms with Gasteiger partial charge in [-0.05, 0) is 24.6 Å². The van der Waals surface area contributed by atoms with Crippen LogP contribution in [0, 0.1) is 11.8 Å². The second-order valence-electron chi connectivity index (χ2n) is 5.97. The summed E-state index contributed by atoms with van der Waals surface area (Å²) in [5.41, 5.74) is -7.99. The van der Waals surface area contributed by atoms with E-state index >= 15 is 0 Å². The molecule has 0 aliphatic rings. The molecule has 0 fully saturated rings. The van der Waals surface area contributed by atoms with Gasteiger partial charge in [0.1, 0.15) is 5.60 Å². The summed E-state index contributed by atoms with van der Waals surface area (Å²) in [6.45, 7) is 0.942. The molecule has 0 aliphatic carbocycles. The monoisotopic (exact) mass is 388 g/mol. The van der Waals surface area contributed by atoms with Crippen molar-refractivity contribution in [3.05, 3.63) is 71.3 Å². The molecule has 0 heterocycles. The summed E-state index contributed by atoms with van der Waals surface area (Å²) in [5.74, 6) is 3.47. The molecule has 0 radical (unpaired) electrons. The maximum Gasteiger partial charge on any atom is 0.433 e. The number of rotatable bonds is 2. The van der Waals surface area contributed by atoms with Crippen molar-refractivity contribution in [3.63, 3.8) is 0 Å². The van der Waals surface area contributed by atoms with Crippen molar-refractivity contribution in [2.24, 2.45) is 0 Å². The summed E-state index contributed by atoms with van der Waals surface area (Å²) in [7, 11) is 0. The van der Waals surface area contributed by atoms with E-state index in [0.29, 0.717) is 6.07 Å². The van der Waals surface area contributed by atoms with Crippen LogP contribution in [0.5, 0.6) is 0 Å². The normalized spacial score (nSPS) is 16.6. The van der Waals surface area contributed by atoms with E-state index < -0.39 is 34.7 Å². The molecule has 2 aromatic carbocycles. The van der Waals surface area contributed by atoms with Gasteiger partial charge in [-0.3, -0.25) is 0 Å². The lowest BCUT2D eigenvalue weighted by Gasteiger charge is -2.26. The average molecular weight is 388 g/mol. The van der Waals surface area contributed by atoms with Crippen LogP contribution in [0.15, 0.2) is 54.6 Å². The topological polar surface area (TPSA) is 40.5 Å². The van der Waals surface area contributed by atoms with Crippen LogP contribution in [-0.2, 0) is 17.4 Å². The number of aliphatic hydroxyl groups is 2. The molecule has 0 aliphatic heterocycles. The zero-order chi connectivity index (χ0) is 20.5. The average Bonchev–Trinajstić information content (AvgIpc) is 2.59. The van der Waals surface area contributed by atoms with Crippen LogP contribution in [-0.4, -0.2) is 16.4 Å². The van der Waals surface area contributed by atoms with E-state index in [2.05, 4.69) is 0 Å². The lowest BCUT2D eigenvalue weighted by atomic mass is 9.90. The van der Waals surface area contributed by atoms with E-state index in [0.717, 1.165) is 37.3 Å². The Bertz CT molecular complexity index is 859. The van der Waals surface area contributed by atoms with Gasteiger partial charge < -0.3 is 10.2 Å². The fourth-order valence-electron chi connectivity index (χ4n) is 2.27. The van der Waals surface area contributed by atoms with E-state index in [9.17, 15) is 36.6 Å². The molecule has 2 rings (SSSR count). The van der Waals surface area contributed by atoms with Gasteiger partial charge >= 0.3 is 12.4 Å². The Morgan fingerprint density at radius 3 is 1.74 bits per heavy atom. The first kappa shape index (κ1) is 20.8. The van der Waals surface area contributed by atoms with Gasteiger partial charge in [-0.25, -0.2) is 0 Å². The highest BCUT2D eigenvalue weighted by atomic mass is 19.4. The van der Waals surface area contributed by atoms with Crippen molar-refractivity contribution in [2.45, 2.75) is 30.5 Å². The molecule has 0 saturated heterocycles. The number of halogens is 6. The third kappa shape index (κ3) is 4.43. The summed E-state index contributed by atoms with van der Waals surface area (Å²) in [6.07, 6.45) is -9.90. The highest BCUT2D eigenvalue weighted by Gasteiger charge is 2.54. The molecule has 0 bridgehead atoms. The zero-order valence-electron chi connectivity index (χ0n) is 13.9. The molecule has 2 nitrogen and oxygen atoms in total. The first-order valence-corrected chi connectivity index (χ1v) is 7.56. The molecule has 27 heavy (non-hydrogen) atoms. The van der Waals surface area contributed by atoms with Crippen molar-refractivity contribution in [2.75, 3.05) is 0 Å². The molecule has 2 atom stereocenters. The highest BCUT2D eigenvalue weighted by molar-refractivity contribution is 5.40. The number of hydrogen-bond acceptors (Lipinski definition) is 2. The molecular weight excluding hydrogens is 374 g/mol. The predicted molar refractivity (Wildman–Crippen MR) is 85.2 cm³/mol. The van der Waals surface area contributed by atoms with Gasteiger partial charge in [0.25, 0.3) is 0 Å². The molecule has 0 saturated carbocycles. The largest absolute Gasteiger partial charge is 0.433 e. The first-order valence-electron chi connectivity index (χ1n) is 7.56. The van der Waals surface area contributed by atoms with Gasteiger partial charge in [-0.1, -0.05) is 54.3 Å². The van der Waals surface area contributed by atoms with Gasteiger partial charge in [0, 0.05) is 5.56 Å². The van der Waals surface area contributed by atoms with Crippen molar-refractivity contribution in [1.82, 2.24) is 0 Å². The lowest BCUT2D eigenvalue weighted by molar-refractivity contribution is -0.240. The second-order valence-corrected chi connectivity index (χ2v) is 5.97. The van der Waals surface area contributed by atoms with E-state index in [-0.39, 0.29) is 5.56 Å². The molecule has 0 unspecified atom stereocenters. The summed E-state index contributed by atoms with van der Waals surface area (Å²) >= 11 is 0. The Balaban J connectivity index is 2.52. The Morgan fingerprint density at radius 2 is 1.22 bits per heavy atom. The predicted octanol–water partition coefficient (Wildman–Crippen LogP) is 4.37. The van der Waals surface area contributed by atoms with Gasteiger partial charge in [-0.2, -0.15) is 26.3 Å². The summed E-state index contributed by atoms with van der Waals surface area (Å²) in [4.78, 5) is 0. The Morgan fingerprint density at radius 1 is 0.704 bits per heavy atom. The third-order valence-electron chi connectivity index (χ3n) is 3.84. The molecule has 0 spiro atoms. The Kier molecular flexibility index (Phi) is 5.32. The maximum absolute atomic E-state index is 13.4. The summed E-state index contributed by atoms with van der Waals surface area (Å²) < 4.78 is 78.6. The van der Waals surface area contributed by atoms with Crippen LogP contribution >= 0.6 is 0 Å². The Hall–Kier alpha value is -2.50. The molecule has 2 N–H and O–H groups in total. The van der Waals surface area contributed by atoms with Crippen molar-refractivity contribution in [1.29, 1.82) is 0 Å². The first-order chi connectivity index (χ1) is 12.3. The molecule has 8 heteroatoms. The van der Waals surface area contributed by atoms with Crippen molar-refractivity contribution < 1.29 is 36.6 Å². The van der Waals surface area contributed by atoms with Crippen molar-refractivity contribution >= 4 is 0 Å².